The lowest BCUT2D eigenvalue weighted by Gasteiger charge is -2.61. The molecule has 2 atom stereocenters. The fraction of sp³-hybridized carbons (Fsp3) is 0.615. The second kappa shape index (κ2) is 13.8. The molecule has 2 saturated carbocycles. The quantitative estimate of drug-likeness (QED) is 0.294. The Morgan fingerprint density at radius 3 is 1.88 bits per heavy atom. The van der Waals surface area contributed by atoms with Crippen molar-refractivity contribution in [2.45, 2.75) is 63.1 Å². The van der Waals surface area contributed by atoms with Crippen molar-refractivity contribution in [3.63, 3.8) is 0 Å². The third kappa shape index (κ3) is 9.75. The smallest absolute Gasteiger partial charge is 0.475 e. The van der Waals surface area contributed by atoms with Crippen molar-refractivity contribution in [1.29, 1.82) is 0 Å². The first kappa shape index (κ1) is 33.5. The van der Waals surface area contributed by atoms with E-state index in [0.29, 0.717) is 23.4 Å². The first-order valence-electron chi connectivity index (χ1n) is 12.6. The van der Waals surface area contributed by atoms with Crippen molar-refractivity contribution in [3.05, 3.63) is 41.5 Å². The second-order valence-electron chi connectivity index (χ2n) is 10.2. The molecule has 0 aromatic heterocycles. The molecule has 1 heterocycles. The summed E-state index contributed by atoms with van der Waals surface area (Å²) in [6.45, 7) is 4.47. The lowest BCUT2D eigenvalue weighted by Crippen LogP contribution is -2.69. The summed E-state index contributed by atoms with van der Waals surface area (Å²) in [6.07, 6.45) is -2.88. The summed E-state index contributed by atoms with van der Waals surface area (Å²) in [7, 11) is 0. The van der Waals surface area contributed by atoms with Crippen molar-refractivity contribution in [3.8, 4) is 0 Å². The van der Waals surface area contributed by atoms with E-state index in [1.54, 1.807) is 5.57 Å². The maximum atomic E-state index is 10.6. The van der Waals surface area contributed by atoms with E-state index in [2.05, 4.69) is 53.5 Å². The Hall–Kier alpha value is -2.68. The van der Waals surface area contributed by atoms with Gasteiger partial charge in [0.25, 0.3) is 0 Å². The number of alkyl halides is 6. The largest absolute Gasteiger partial charge is 0.490 e. The predicted molar refractivity (Wildman–Crippen MR) is 132 cm³/mol. The van der Waals surface area contributed by atoms with Crippen molar-refractivity contribution in [2.24, 2.45) is 11.3 Å². The molecule has 1 aromatic rings. The number of hydrogen-bond donors (Lipinski definition) is 5. The van der Waals surface area contributed by atoms with E-state index in [1.807, 2.05) is 0 Å². The minimum atomic E-state index is -5.08. The van der Waals surface area contributed by atoms with Gasteiger partial charge in [0, 0.05) is 25.2 Å². The number of aliphatic hydroxyl groups is 2. The van der Waals surface area contributed by atoms with Gasteiger partial charge >= 0.3 is 24.3 Å². The highest BCUT2D eigenvalue weighted by atomic mass is 19.4. The van der Waals surface area contributed by atoms with Crippen LogP contribution in [-0.2, 0) is 9.59 Å². The molecule has 8 nitrogen and oxygen atoms in total. The molecule has 2 aliphatic carbocycles. The number of carbonyl (C=O) groups is 2. The number of rotatable bonds is 8. The predicted octanol–water partition coefficient (Wildman–Crippen LogP) is 3.54. The molecule has 1 spiro atoms. The molecule has 0 unspecified atom stereocenters. The van der Waals surface area contributed by atoms with E-state index < -0.39 is 24.3 Å². The first-order valence-corrected chi connectivity index (χ1v) is 12.6. The SMILES string of the molecule is CC/C(=C\c1ccccc1)[C@@H]1C[C@H]1NC1CC2(C1)CN(C(CO)CO)C2.O=C(O)C(F)(F)F.O=C(O)C(F)(F)F. The fourth-order valence-electron chi connectivity index (χ4n) is 5.05. The molecule has 0 radical (unpaired) electrons. The summed E-state index contributed by atoms with van der Waals surface area (Å²) < 4.78 is 63.5. The van der Waals surface area contributed by atoms with Gasteiger partial charge in [-0.3, -0.25) is 4.90 Å². The van der Waals surface area contributed by atoms with Gasteiger partial charge in [0.05, 0.1) is 19.3 Å². The van der Waals surface area contributed by atoms with Crippen LogP contribution in [0.2, 0.25) is 0 Å². The molecule has 40 heavy (non-hydrogen) atoms. The molecule has 1 saturated heterocycles. The van der Waals surface area contributed by atoms with Crippen LogP contribution in [0.25, 0.3) is 6.08 Å². The maximum absolute atomic E-state index is 10.6. The molecule has 1 aromatic carbocycles. The average molecular weight is 585 g/mol. The van der Waals surface area contributed by atoms with Gasteiger partial charge in [0.15, 0.2) is 0 Å². The topological polar surface area (TPSA) is 130 Å². The molecular formula is C26H34F6N2O6. The Morgan fingerprint density at radius 1 is 1.00 bits per heavy atom. The highest BCUT2D eigenvalue weighted by Crippen LogP contribution is 2.50. The molecule has 3 aliphatic rings. The third-order valence-electron chi connectivity index (χ3n) is 7.14. The molecule has 1 aliphatic heterocycles. The lowest BCUT2D eigenvalue weighted by molar-refractivity contribution is -0.193. The van der Waals surface area contributed by atoms with Crippen molar-refractivity contribution < 1.29 is 56.4 Å². The van der Waals surface area contributed by atoms with Crippen LogP contribution >= 0.6 is 0 Å². The van der Waals surface area contributed by atoms with Crippen LogP contribution in [0.4, 0.5) is 26.3 Å². The molecular weight excluding hydrogens is 550 g/mol. The number of likely N-dealkylation sites (tertiary alicyclic amines) is 1. The van der Waals surface area contributed by atoms with Gasteiger partial charge in [-0.1, -0.05) is 48.9 Å². The van der Waals surface area contributed by atoms with Crippen molar-refractivity contribution in [1.82, 2.24) is 10.2 Å². The monoisotopic (exact) mass is 584 g/mol. The summed E-state index contributed by atoms with van der Waals surface area (Å²) in [6, 6.07) is 11.9. The maximum Gasteiger partial charge on any atom is 0.490 e. The van der Waals surface area contributed by atoms with Crippen molar-refractivity contribution >= 4 is 18.0 Å². The van der Waals surface area contributed by atoms with Crippen LogP contribution in [0.1, 0.15) is 38.2 Å². The van der Waals surface area contributed by atoms with Crippen molar-refractivity contribution in [2.75, 3.05) is 26.3 Å². The zero-order valence-corrected chi connectivity index (χ0v) is 21.8. The van der Waals surface area contributed by atoms with Crippen LogP contribution in [0.3, 0.4) is 0 Å². The highest BCUT2D eigenvalue weighted by Gasteiger charge is 2.55. The summed E-state index contributed by atoms with van der Waals surface area (Å²) in [5.41, 5.74) is 3.35. The van der Waals surface area contributed by atoms with Gasteiger partial charge in [0.2, 0.25) is 0 Å². The number of aliphatic hydroxyl groups excluding tert-OH is 2. The number of hydrogen-bond acceptors (Lipinski definition) is 6. The second-order valence-corrected chi connectivity index (χ2v) is 10.2. The number of carboxylic acid groups (broad SMARTS) is 2. The van der Waals surface area contributed by atoms with E-state index in [9.17, 15) is 36.6 Å². The van der Waals surface area contributed by atoms with Crippen LogP contribution < -0.4 is 5.32 Å². The number of benzene rings is 1. The molecule has 0 amide bonds. The Kier molecular flexibility index (Phi) is 11.6. The molecule has 0 bridgehead atoms. The van der Waals surface area contributed by atoms with Gasteiger partial charge in [-0.05, 0) is 42.6 Å². The van der Waals surface area contributed by atoms with E-state index in [1.165, 1.54) is 24.8 Å². The summed E-state index contributed by atoms with van der Waals surface area (Å²) >= 11 is 0. The minimum Gasteiger partial charge on any atom is -0.475 e. The van der Waals surface area contributed by atoms with E-state index >= 15 is 0 Å². The van der Waals surface area contributed by atoms with E-state index in [0.717, 1.165) is 19.5 Å². The summed E-state index contributed by atoms with van der Waals surface area (Å²) in [5.74, 6) is -4.80. The molecule has 4 rings (SSSR count). The molecule has 14 heteroatoms. The Morgan fingerprint density at radius 2 is 1.48 bits per heavy atom. The third-order valence-corrected chi connectivity index (χ3v) is 7.14. The Bertz CT molecular complexity index is 975. The zero-order valence-electron chi connectivity index (χ0n) is 21.8. The Labute approximate surface area is 227 Å². The number of halogens is 6. The highest BCUT2D eigenvalue weighted by molar-refractivity contribution is 5.73. The number of nitrogens with one attached hydrogen (secondary N) is 1. The molecule has 5 N–H and O–H groups in total. The van der Waals surface area contributed by atoms with Crippen LogP contribution in [0.5, 0.6) is 0 Å². The zero-order chi connectivity index (χ0) is 30.3. The molecule has 3 fully saturated rings. The lowest BCUT2D eigenvalue weighted by atomic mass is 9.60. The van der Waals surface area contributed by atoms with E-state index in [-0.39, 0.29) is 19.3 Å². The van der Waals surface area contributed by atoms with Gasteiger partial charge in [0.1, 0.15) is 0 Å². The standard InChI is InChI=1S/C22H32N2O2.2C2HF3O2/c1-2-17(8-16-6-4-3-5-7-16)20-9-21(20)23-18-10-22(11-18)14-24(15-22)19(12-25)13-26;2*3-2(4,5)1(6)7/h3-8,18-21,23,25-26H,2,9-15H2,1H3;2*(H,6,7)/b17-8+;;/t20-,21+;;/m0../s1. The average Bonchev–Trinajstić information content (AvgIpc) is 3.59. The number of carboxylic acids is 2. The molecule has 226 valence electrons. The minimum absolute atomic E-state index is 0.0596. The van der Waals surface area contributed by atoms with Gasteiger partial charge in [-0.25, -0.2) is 9.59 Å². The van der Waals surface area contributed by atoms with Crippen LogP contribution in [0.15, 0.2) is 35.9 Å². The van der Waals surface area contributed by atoms with Crippen LogP contribution in [0, 0.1) is 11.3 Å². The van der Waals surface area contributed by atoms with Crippen LogP contribution in [-0.4, -0.2) is 94.0 Å². The van der Waals surface area contributed by atoms with E-state index in [4.69, 9.17) is 19.8 Å². The van der Waals surface area contributed by atoms with Gasteiger partial charge < -0.3 is 25.7 Å². The number of nitrogens with zero attached hydrogens (tertiary/aromatic N) is 1. The normalized spacial score (nSPS) is 22.3. The van der Waals surface area contributed by atoms with Gasteiger partial charge in [-0.2, -0.15) is 26.3 Å². The fourth-order valence-corrected chi connectivity index (χ4v) is 5.05. The summed E-state index contributed by atoms with van der Waals surface area (Å²) in [5, 5.41) is 36.7. The number of aliphatic carboxylic acids is 2. The first-order chi connectivity index (χ1) is 18.5. The summed E-state index contributed by atoms with van der Waals surface area (Å²) in [4.78, 5) is 20.0. The Balaban J connectivity index is 0.000000333. The van der Waals surface area contributed by atoms with Gasteiger partial charge in [-0.15, -0.1) is 0 Å².